The van der Waals surface area contributed by atoms with Gasteiger partial charge in [-0.15, -0.1) is 0 Å². The maximum absolute atomic E-state index is 9.83. The molecule has 5 nitrogen and oxygen atoms in total. The largest absolute Gasteiger partial charge is 0.497 e. The van der Waals surface area contributed by atoms with Gasteiger partial charge in [0.1, 0.15) is 17.2 Å². The lowest BCUT2D eigenvalue weighted by molar-refractivity contribution is 0.0739. The minimum atomic E-state index is -0.938. The van der Waals surface area contributed by atoms with Crippen LogP contribution in [0, 0.1) is 0 Å². The van der Waals surface area contributed by atoms with Gasteiger partial charge in [-0.1, -0.05) is 0 Å². The molecule has 19 heavy (non-hydrogen) atoms. The number of hydrogen-bond donors (Lipinski definition) is 2. The Hall–Kier alpha value is -2.14. The minimum absolute atomic E-state index is 0.622. The zero-order chi connectivity index (χ0) is 13.9. The molecule has 0 amide bonds. The molecular formula is C14H17N3O2. The minimum Gasteiger partial charge on any atom is -0.497 e. The van der Waals surface area contributed by atoms with Gasteiger partial charge in [-0.25, -0.2) is 4.98 Å². The Kier molecular flexibility index (Phi) is 3.66. The van der Waals surface area contributed by atoms with Gasteiger partial charge in [0, 0.05) is 12.3 Å². The second-order valence-electron chi connectivity index (χ2n) is 4.70. The Morgan fingerprint density at radius 3 is 2.58 bits per heavy atom. The van der Waals surface area contributed by atoms with Crippen molar-refractivity contribution in [3.8, 4) is 5.75 Å². The highest BCUT2D eigenvalue weighted by atomic mass is 16.5. The van der Waals surface area contributed by atoms with E-state index in [1.54, 1.807) is 51.6 Å². The van der Waals surface area contributed by atoms with Crippen LogP contribution in [0.25, 0.3) is 0 Å². The van der Waals surface area contributed by atoms with E-state index in [9.17, 15) is 5.11 Å². The predicted octanol–water partition coefficient (Wildman–Crippen LogP) is 2.46. The second kappa shape index (κ2) is 5.24. The van der Waals surface area contributed by atoms with Crippen LogP contribution in [-0.2, 0) is 5.60 Å². The Morgan fingerprint density at radius 2 is 2.00 bits per heavy atom. The summed E-state index contributed by atoms with van der Waals surface area (Å²) in [5.74, 6) is 1.41. The van der Waals surface area contributed by atoms with Crippen molar-refractivity contribution in [2.24, 2.45) is 0 Å². The quantitative estimate of drug-likeness (QED) is 0.882. The number of hydrogen-bond acceptors (Lipinski definition) is 5. The average molecular weight is 259 g/mol. The molecule has 0 saturated carbocycles. The second-order valence-corrected chi connectivity index (χ2v) is 4.70. The molecule has 0 atom stereocenters. The summed E-state index contributed by atoms with van der Waals surface area (Å²) in [5.41, 5.74) is 0.484. The number of nitrogens with zero attached hydrogens (tertiary/aromatic N) is 2. The summed E-state index contributed by atoms with van der Waals surface area (Å²) in [6.45, 7) is 3.40. The summed E-state index contributed by atoms with van der Waals surface area (Å²) < 4.78 is 5.13. The lowest BCUT2D eigenvalue weighted by Gasteiger charge is -2.16. The number of nitrogens with one attached hydrogen (secondary N) is 1. The smallest absolute Gasteiger partial charge is 0.134 e. The monoisotopic (exact) mass is 259 g/mol. The lowest BCUT2D eigenvalue weighted by Crippen LogP contribution is -2.17. The number of methoxy groups -OCH3 is 1. The highest BCUT2D eigenvalue weighted by molar-refractivity contribution is 5.56. The Balaban J connectivity index is 2.15. The van der Waals surface area contributed by atoms with E-state index in [-0.39, 0.29) is 0 Å². The van der Waals surface area contributed by atoms with Gasteiger partial charge in [-0.2, -0.15) is 0 Å². The Bertz CT molecular complexity index is 547. The first-order valence-corrected chi connectivity index (χ1v) is 5.95. The lowest BCUT2D eigenvalue weighted by atomic mass is 10.1. The first-order valence-electron chi connectivity index (χ1n) is 5.95. The van der Waals surface area contributed by atoms with E-state index in [0.717, 1.165) is 11.4 Å². The van der Waals surface area contributed by atoms with Gasteiger partial charge >= 0.3 is 0 Å². The van der Waals surface area contributed by atoms with Crippen LogP contribution in [0.2, 0.25) is 0 Å². The molecule has 2 N–H and O–H groups in total. The van der Waals surface area contributed by atoms with Crippen LogP contribution in [-0.4, -0.2) is 22.2 Å². The summed E-state index contributed by atoms with van der Waals surface area (Å²) in [4.78, 5) is 8.40. The molecule has 0 unspecified atom stereocenters. The van der Waals surface area contributed by atoms with E-state index in [1.807, 2.05) is 6.07 Å². The maximum atomic E-state index is 9.83. The zero-order valence-electron chi connectivity index (χ0n) is 11.2. The highest BCUT2D eigenvalue weighted by Gasteiger charge is 2.16. The van der Waals surface area contributed by atoms with E-state index >= 15 is 0 Å². The van der Waals surface area contributed by atoms with E-state index < -0.39 is 5.60 Å². The van der Waals surface area contributed by atoms with Gasteiger partial charge in [0.15, 0.2) is 0 Å². The van der Waals surface area contributed by atoms with Crippen LogP contribution >= 0.6 is 0 Å². The Morgan fingerprint density at radius 1 is 1.21 bits per heavy atom. The third-order valence-electron chi connectivity index (χ3n) is 2.63. The van der Waals surface area contributed by atoms with Crippen molar-refractivity contribution in [1.82, 2.24) is 9.97 Å². The molecule has 0 aliphatic rings. The molecular weight excluding hydrogens is 242 g/mol. The highest BCUT2D eigenvalue weighted by Crippen LogP contribution is 2.21. The number of pyridine rings is 2. The summed E-state index contributed by atoms with van der Waals surface area (Å²) in [6, 6.07) is 7.20. The van der Waals surface area contributed by atoms with E-state index in [1.165, 1.54) is 0 Å². The molecule has 0 saturated heterocycles. The SMILES string of the molecule is COc1ccnc(Nc2ccc(C(C)(C)O)nc2)c1. The van der Waals surface area contributed by atoms with Gasteiger partial charge in [-0.3, -0.25) is 4.98 Å². The average Bonchev–Trinajstić information content (AvgIpc) is 2.38. The van der Waals surface area contributed by atoms with Crippen molar-refractivity contribution < 1.29 is 9.84 Å². The molecule has 0 aliphatic carbocycles. The fourth-order valence-corrected chi connectivity index (χ4v) is 1.58. The van der Waals surface area contributed by atoms with Gasteiger partial charge in [-0.05, 0) is 32.0 Å². The summed E-state index contributed by atoms with van der Waals surface area (Å²) >= 11 is 0. The molecule has 5 heteroatoms. The number of rotatable bonds is 4. The number of ether oxygens (including phenoxy) is 1. The zero-order valence-corrected chi connectivity index (χ0v) is 11.2. The van der Waals surface area contributed by atoms with Crippen LogP contribution in [0.3, 0.4) is 0 Å². The van der Waals surface area contributed by atoms with Gasteiger partial charge in [0.25, 0.3) is 0 Å². The topological polar surface area (TPSA) is 67.3 Å². The molecule has 0 bridgehead atoms. The van der Waals surface area contributed by atoms with Crippen molar-refractivity contribution in [3.05, 3.63) is 42.4 Å². The van der Waals surface area contributed by atoms with Gasteiger partial charge in [0.2, 0.25) is 0 Å². The van der Waals surface area contributed by atoms with Crippen LogP contribution < -0.4 is 10.1 Å². The fraction of sp³-hybridized carbons (Fsp3) is 0.286. The van der Waals surface area contributed by atoms with Crippen molar-refractivity contribution in [3.63, 3.8) is 0 Å². The molecule has 0 aliphatic heterocycles. The van der Waals surface area contributed by atoms with Crippen LogP contribution in [0.15, 0.2) is 36.7 Å². The Labute approximate surface area is 112 Å². The van der Waals surface area contributed by atoms with Crippen LogP contribution in [0.4, 0.5) is 11.5 Å². The fourth-order valence-electron chi connectivity index (χ4n) is 1.58. The molecule has 0 spiro atoms. The third-order valence-corrected chi connectivity index (χ3v) is 2.63. The first kappa shape index (κ1) is 13.3. The molecule has 0 fully saturated rings. The van der Waals surface area contributed by atoms with E-state index in [4.69, 9.17) is 4.74 Å². The van der Waals surface area contributed by atoms with Crippen molar-refractivity contribution in [1.29, 1.82) is 0 Å². The molecule has 0 aromatic carbocycles. The van der Waals surface area contributed by atoms with E-state index in [2.05, 4.69) is 15.3 Å². The molecule has 2 aromatic rings. The number of aliphatic hydroxyl groups is 1. The summed E-state index contributed by atoms with van der Waals surface area (Å²) in [7, 11) is 1.61. The van der Waals surface area contributed by atoms with Crippen LogP contribution in [0.1, 0.15) is 19.5 Å². The van der Waals surface area contributed by atoms with Crippen molar-refractivity contribution in [2.75, 3.05) is 12.4 Å². The molecule has 2 heterocycles. The molecule has 100 valence electrons. The normalized spacial score (nSPS) is 11.2. The van der Waals surface area contributed by atoms with Gasteiger partial charge < -0.3 is 15.2 Å². The standard InChI is InChI=1S/C14H17N3O2/c1-14(2,18)12-5-4-10(9-16-12)17-13-8-11(19-3)6-7-15-13/h4-9,18H,1-3H3,(H,15,17). The third kappa shape index (κ3) is 3.42. The summed E-state index contributed by atoms with van der Waals surface area (Å²) in [6.07, 6.45) is 3.33. The van der Waals surface area contributed by atoms with Gasteiger partial charge in [0.05, 0.1) is 24.7 Å². The maximum Gasteiger partial charge on any atom is 0.134 e. The van der Waals surface area contributed by atoms with E-state index in [0.29, 0.717) is 11.5 Å². The number of anilines is 2. The van der Waals surface area contributed by atoms with Crippen LogP contribution in [0.5, 0.6) is 5.75 Å². The van der Waals surface area contributed by atoms with Crippen molar-refractivity contribution >= 4 is 11.5 Å². The first-order chi connectivity index (χ1) is 8.99. The molecule has 0 radical (unpaired) electrons. The van der Waals surface area contributed by atoms with Crippen molar-refractivity contribution in [2.45, 2.75) is 19.4 Å². The molecule has 2 rings (SSSR count). The summed E-state index contributed by atoms with van der Waals surface area (Å²) in [5, 5.41) is 12.9. The number of aromatic nitrogens is 2. The molecule has 2 aromatic heterocycles. The predicted molar refractivity (Wildman–Crippen MR) is 73.6 cm³/mol.